The molecule has 0 saturated heterocycles. The molecule has 0 spiro atoms. The molecule has 2 aromatic rings. The van der Waals surface area contributed by atoms with Crippen molar-refractivity contribution in [3.63, 3.8) is 0 Å². The predicted molar refractivity (Wildman–Crippen MR) is 123 cm³/mol. The molecule has 2 atom stereocenters. The van der Waals surface area contributed by atoms with Gasteiger partial charge < -0.3 is 5.11 Å². The highest BCUT2D eigenvalue weighted by molar-refractivity contribution is 5.85. The molecular weight excluding hydrogens is 427 g/mol. The zero-order valence-corrected chi connectivity index (χ0v) is 19.0. The van der Waals surface area contributed by atoms with Crippen LogP contribution in [0.15, 0.2) is 48.0 Å². The molecule has 1 aliphatic heterocycles. The lowest BCUT2D eigenvalue weighted by molar-refractivity contribution is -0.131. The van der Waals surface area contributed by atoms with Gasteiger partial charge in [-0.05, 0) is 78.7 Å². The number of hydrogen-bond donors (Lipinski definition) is 1. The minimum absolute atomic E-state index is 0.0679. The number of aliphatic carboxylic acids is 1. The molecule has 174 valence electrons. The molecule has 2 aromatic carbocycles. The summed E-state index contributed by atoms with van der Waals surface area (Å²) >= 11 is 0. The number of hydrogen-bond acceptors (Lipinski definition) is 2. The van der Waals surface area contributed by atoms with Crippen LogP contribution in [0.2, 0.25) is 0 Å². The lowest BCUT2D eigenvalue weighted by Crippen LogP contribution is -2.51. The van der Waals surface area contributed by atoms with Crippen LogP contribution in [0.1, 0.15) is 55.5 Å². The third kappa shape index (κ3) is 4.36. The van der Waals surface area contributed by atoms with Crippen molar-refractivity contribution in [3.05, 3.63) is 81.9 Å². The van der Waals surface area contributed by atoms with Gasteiger partial charge in [0.2, 0.25) is 0 Å². The molecule has 0 fully saturated rings. The number of benzene rings is 2. The molecule has 33 heavy (non-hydrogen) atoms. The van der Waals surface area contributed by atoms with E-state index in [1.165, 1.54) is 18.2 Å². The summed E-state index contributed by atoms with van der Waals surface area (Å²) in [5.41, 5.74) is 3.92. The van der Waals surface area contributed by atoms with Gasteiger partial charge in [0.15, 0.2) is 0 Å². The fourth-order valence-corrected chi connectivity index (χ4v) is 5.19. The second-order valence-electron chi connectivity index (χ2n) is 9.71. The minimum Gasteiger partial charge on any atom is -0.478 e. The van der Waals surface area contributed by atoms with Crippen molar-refractivity contribution in [1.29, 1.82) is 0 Å². The fraction of sp³-hybridized carbons (Fsp3) is 0.370. The SMILES string of the molecule is C[C@H](CF)CN1C(c2c(F)cc(/C=C/C(=O)O)cc2F)C2=C(CC1(C)C)c1ccccc1C2. The molecule has 0 aromatic heterocycles. The number of rotatable bonds is 6. The standard InChI is InChI=1S/C27H28F3NO2/c1-16(14-28)15-31-26(25-22(29)10-17(11-23(25)30)8-9-24(32)33)20-12-18-6-4-5-7-19(18)21(20)13-27(31,2)3/h4-11,16,26H,12-15H2,1-3H3,(H,32,33)/b9-8+/t16-,26?/m1/s1. The Labute approximate surface area is 192 Å². The monoisotopic (exact) mass is 455 g/mol. The van der Waals surface area contributed by atoms with Gasteiger partial charge in [0.05, 0.1) is 12.7 Å². The average Bonchev–Trinajstić information content (AvgIpc) is 3.11. The molecule has 6 heteroatoms. The number of nitrogens with zero attached hydrogens (tertiary/aromatic N) is 1. The van der Waals surface area contributed by atoms with Crippen LogP contribution in [0.5, 0.6) is 0 Å². The van der Waals surface area contributed by atoms with Crippen LogP contribution in [-0.2, 0) is 11.2 Å². The maximum Gasteiger partial charge on any atom is 0.328 e. The Bertz CT molecular complexity index is 1130. The van der Waals surface area contributed by atoms with Crippen LogP contribution in [0, 0.1) is 17.6 Å². The van der Waals surface area contributed by atoms with Gasteiger partial charge in [0, 0.05) is 23.7 Å². The topological polar surface area (TPSA) is 40.5 Å². The van der Waals surface area contributed by atoms with Gasteiger partial charge in [-0.15, -0.1) is 0 Å². The van der Waals surface area contributed by atoms with Crippen molar-refractivity contribution in [2.75, 3.05) is 13.2 Å². The molecule has 0 amide bonds. The van der Waals surface area contributed by atoms with E-state index in [-0.39, 0.29) is 17.0 Å². The van der Waals surface area contributed by atoms with Gasteiger partial charge in [-0.3, -0.25) is 9.29 Å². The molecule has 1 aliphatic carbocycles. The maximum absolute atomic E-state index is 15.5. The Hall–Kier alpha value is -2.86. The Balaban J connectivity index is 1.88. The van der Waals surface area contributed by atoms with Crippen molar-refractivity contribution in [3.8, 4) is 0 Å². The smallest absolute Gasteiger partial charge is 0.328 e. The molecule has 2 aliphatic rings. The van der Waals surface area contributed by atoms with Crippen molar-refractivity contribution in [1.82, 2.24) is 4.90 Å². The maximum atomic E-state index is 15.5. The molecule has 3 nitrogen and oxygen atoms in total. The summed E-state index contributed by atoms with van der Waals surface area (Å²) in [6.07, 6.45) is 3.31. The van der Waals surface area contributed by atoms with Crippen LogP contribution in [0.4, 0.5) is 13.2 Å². The minimum atomic E-state index is -1.20. The first-order valence-corrected chi connectivity index (χ1v) is 11.1. The summed E-state index contributed by atoms with van der Waals surface area (Å²) in [4.78, 5) is 12.9. The van der Waals surface area contributed by atoms with Crippen molar-refractivity contribution in [2.24, 2.45) is 5.92 Å². The quantitative estimate of drug-likeness (QED) is 0.527. The molecular formula is C27H28F3NO2. The van der Waals surface area contributed by atoms with Crippen LogP contribution in [0.25, 0.3) is 11.6 Å². The van der Waals surface area contributed by atoms with Gasteiger partial charge in [-0.2, -0.15) is 0 Å². The molecule has 1 unspecified atom stereocenters. The van der Waals surface area contributed by atoms with Crippen LogP contribution in [0.3, 0.4) is 0 Å². The summed E-state index contributed by atoms with van der Waals surface area (Å²) in [6.45, 7) is 5.72. The average molecular weight is 456 g/mol. The van der Waals surface area contributed by atoms with Crippen molar-refractivity contribution >= 4 is 17.6 Å². The number of alkyl halides is 1. The summed E-state index contributed by atoms with van der Waals surface area (Å²) in [5, 5.41) is 8.84. The van der Waals surface area contributed by atoms with E-state index >= 15 is 8.78 Å². The summed E-state index contributed by atoms with van der Waals surface area (Å²) in [6, 6.07) is 9.68. The zero-order chi connectivity index (χ0) is 23.9. The Morgan fingerprint density at radius 2 is 1.91 bits per heavy atom. The molecule has 0 bridgehead atoms. The second-order valence-corrected chi connectivity index (χ2v) is 9.71. The van der Waals surface area contributed by atoms with Crippen LogP contribution >= 0.6 is 0 Å². The van der Waals surface area contributed by atoms with E-state index in [0.717, 1.165) is 28.3 Å². The molecule has 0 radical (unpaired) electrons. The number of halogens is 3. The Morgan fingerprint density at radius 3 is 2.55 bits per heavy atom. The summed E-state index contributed by atoms with van der Waals surface area (Å²) in [7, 11) is 0. The van der Waals surface area contributed by atoms with E-state index in [9.17, 15) is 9.18 Å². The third-order valence-electron chi connectivity index (χ3n) is 6.70. The fourth-order valence-electron chi connectivity index (χ4n) is 5.19. The van der Waals surface area contributed by atoms with E-state index in [2.05, 4.69) is 6.07 Å². The van der Waals surface area contributed by atoms with E-state index < -0.39 is 35.9 Å². The highest BCUT2D eigenvalue weighted by Gasteiger charge is 2.46. The van der Waals surface area contributed by atoms with Crippen LogP contribution < -0.4 is 0 Å². The lowest BCUT2D eigenvalue weighted by Gasteiger charge is -2.49. The first-order chi connectivity index (χ1) is 15.6. The normalized spacial score (nSPS) is 20.7. The van der Waals surface area contributed by atoms with Crippen molar-refractivity contribution < 1.29 is 23.1 Å². The van der Waals surface area contributed by atoms with E-state index in [4.69, 9.17) is 5.11 Å². The number of carbonyl (C=O) groups is 1. The summed E-state index contributed by atoms with van der Waals surface area (Å²) in [5.74, 6) is -2.95. The molecule has 1 heterocycles. The molecule has 4 rings (SSSR count). The van der Waals surface area contributed by atoms with Gasteiger partial charge in [0.1, 0.15) is 11.6 Å². The Morgan fingerprint density at radius 1 is 1.24 bits per heavy atom. The van der Waals surface area contributed by atoms with Crippen LogP contribution in [-0.4, -0.2) is 34.7 Å². The third-order valence-corrected chi connectivity index (χ3v) is 6.70. The number of carboxylic acids is 1. The first kappa shape index (κ1) is 23.3. The van der Waals surface area contributed by atoms with Gasteiger partial charge in [-0.1, -0.05) is 31.2 Å². The van der Waals surface area contributed by atoms with E-state index in [1.807, 2.05) is 36.9 Å². The highest BCUT2D eigenvalue weighted by atomic mass is 19.1. The molecule has 1 N–H and O–H groups in total. The van der Waals surface area contributed by atoms with Gasteiger partial charge in [0.25, 0.3) is 0 Å². The zero-order valence-electron chi connectivity index (χ0n) is 19.0. The van der Waals surface area contributed by atoms with Crippen molar-refractivity contribution in [2.45, 2.75) is 45.2 Å². The highest BCUT2D eigenvalue weighted by Crippen LogP contribution is 2.52. The number of fused-ring (bicyclic) bond motifs is 2. The Kier molecular flexibility index (Phi) is 6.23. The lowest BCUT2D eigenvalue weighted by atomic mass is 9.78. The largest absolute Gasteiger partial charge is 0.478 e. The van der Waals surface area contributed by atoms with E-state index in [0.29, 0.717) is 19.4 Å². The van der Waals surface area contributed by atoms with Gasteiger partial charge in [-0.25, -0.2) is 13.6 Å². The second kappa shape index (κ2) is 8.82. The number of carboxylic acid groups (broad SMARTS) is 1. The predicted octanol–water partition coefficient (Wildman–Crippen LogP) is 6.20. The van der Waals surface area contributed by atoms with E-state index in [1.54, 1.807) is 6.92 Å². The molecule has 0 saturated carbocycles. The van der Waals surface area contributed by atoms with Gasteiger partial charge >= 0.3 is 5.97 Å². The first-order valence-electron chi connectivity index (χ1n) is 11.1. The summed E-state index contributed by atoms with van der Waals surface area (Å²) < 4.78 is 44.5.